The van der Waals surface area contributed by atoms with E-state index in [0.717, 1.165) is 11.4 Å². The Balaban J connectivity index is 2.14. The first-order chi connectivity index (χ1) is 9.51. The number of benzene rings is 1. The fourth-order valence-corrected chi connectivity index (χ4v) is 2.02. The Morgan fingerprint density at radius 3 is 2.50 bits per heavy atom. The highest BCUT2D eigenvalue weighted by Crippen LogP contribution is 2.17. The number of aryl methyl sites for hydroxylation is 1. The molecule has 1 heterocycles. The van der Waals surface area contributed by atoms with E-state index in [9.17, 15) is 4.79 Å². The van der Waals surface area contributed by atoms with E-state index >= 15 is 0 Å². The summed E-state index contributed by atoms with van der Waals surface area (Å²) in [5.74, 6) is -0.152. The third-order valence-corrected chi connectivity index (χ3v) is 3.13. The number of carbonyl (C=O) groups excluding carboxylic acids is 1. The molecule has 5 heteroatoms. The normalized spacial score (nSPS) is 10.3. The molecule has 0 aliphatic rings. The standard InChI is InChI=1S/C15H20N4O/c1-4-19-10-11(16)9-14(19)15(20)17-12-5-7-13(8-6-12)18(2)3/h5-10H,4,16H2,1-3H3,(H,17,20). The minimum atomic E-state index is -0.152. The van der Waals surface area contributed by atoms with E-state index in [0.29, 0.717) is 17.9 Å². The highest BCUT2D eigenvalue weighted by molar-refractivity contribution is 6.03. The molecule has 5 nitrogen and oxygen atoms in total. The predicted molar refractivity (Wildman–Crippen MR) is 83.2 cm³/mol. The van der Waals surface area contributed by atoms with Gasteiger partial charge in [0.05, 0.1) is 5.69 Å². The van der Waals surface area contributed by atoms with E-state index in [2.05, 4.69) is 5.32 Å². The van der Waals surface area contributed by atoms with E-state index in [1.165, 1.54) is 0 Å². The molecule has 20 heavy (non-hydrogen) atoms. The summed E-state index contributed by atoms with van der Waals surface area (Å²) >= 11 is 0. The monoisotopic (exact) mass is 272 g/mol. The molecule has 1 aromatic heterocycles. The molecule has 0 atom stereocenters. The number of nitrogens with two attached hydrogens (primary N) is 1. The molecule has 0 unspecified atom stereocenters. The molecule has 0 aliphatic heterocycles. The quantitative estimate of drug-likeness (QED) is 0.898. The first-order valence-electron chi connectivity index (χ1n) is 6.55. The van der Waals surface area contributed by atoms with Gasteiger partial charge in [-0.2, -0.15) is 0 Å². The van der Waals surface area contributed by atoms with Crippen LogP contribution in [0.2, 0.25) is 0 Å². The molecule has 0 saturated carbocycles. The highest BCUT2D eigenvalue weighted by Gasteiger charge is 2.12. The maximum absolute atomic E-state index is 12.2. The Kier molecular flexibility index (Phi) is 3.98. The Morgan fingerprint density at radius 1 is 1.30 bits per heavy atom. The Bertz CT molecular complexity index is 599. The summed E-state index contributed by atoms with van der Waals surface area (Å²) in [4.78, 5) is 14.2. The third-order valence-electron chi connectivity index (χ3n) is 3.13. The van der Waals surface area contributed by atoms with Gasteiger partial charge in [0.1, 0.15) is 5.69 Å². The van der Waals surface area contributed by atoms with Gasteiger partial charge in [-0.3, -0.25) is 4.79 Å². The van der Waals surface area contributed by atoms with Gasteiger partial charge in [-0.25, -0.2) is 0 Å². The van der Waals surface area contributed by atoms with Gasteiger partial charge < -0.3 is 20.5 Å². The van der Waals surface area contributed by atoms with Crippen molar-refractivity contribution in [3.8, 4) is 0 Å². The van der Waals surface area contributed by atoms with Gasteiger partial charge in [0, 0.05) is 38.2 Å². The largest absolute Gasteiger partial charge is 0.397 e. The van der Waals surface area contributed by atoms with Crippen LogP contribution >= 0.6 is 0 Å². The van der Waals surface area contributed by atoms with Crippen molar-refractivity contribution in [2.45, 2.75) is 13.5 Å². The van der Waals surface area contributed by atoms with Crippen molar-refractivity contribution in [3.63, 3.8) is 0 Å². The van der Waals surface area contributed by atoms with Gasteiger partial charge in [0.15, 0.2) is 0 Å². The number of anilines is 3. The topological polar surface area (TPSA) is 63.3 Å². The van der Waals surface area contributed by atoms with Gasteiger partial charge in [-0.15, -0.1) is 0 Å². The summed E-state index contributed by atoms with van der Waals surface area (Å²) in [5.41, 5.74) is 8.76. The molecule has 2 rings (SSSR count). The minimum Gasteiger partial charge on any atom is -0.397 e. The number of carbonyl (C=O) groups is 1. The predicted octanol–water partition coefficient (Wildman–Crippen LogP) is 2.41. The first-order valence-corrected chi connectivity index (χ1v) is 6.55. The first kappa shape index (κ1) is 14.0. The SMILES string of the molecule is CCn1cc(N)cc1C(=O)Nc1ccc(N(C)C)cc1. The molecule has 0 saturated heterocycles. The number of nitrogens with zero attached hydrogens (tertiary/aromatic N) is 2. The van der Waals surface area contributed by atoms with Crippen molar-refractivity contribution < 1.29 is 4.79 Å². The van der Waals surface area contributed by atoms with E-state index in [-0.39, 0.29) is 5.91 Å². The second-order valence-electron chi connectivity index (χ2n) is 4.84. The van der Waals surface area contributed by atoms with Crippen LogP contribution in [-0.4, -0.2) is 24.6 Å². The molecule has 0 fully saturated rings. The summed E-state index contributed by atoms with van der Waals surface area (Å²) in [6.45, 7) is 2.68. The second kappa shape index (κ2) is 5.69. The highest BCUT2D eigenvalue weighted by atomic mass is 16.1. The lowest BCUT2D eigenvalue weighted by molar-refractivity contribution is 0.101. The van der Waals surface area contributed by atoms with E-state index in [4.69, 9.17) is 5.73 Å². The lowest BCUT2D eigenvalue weighted by Crippen LogP contribution is -2.16. The minimum absolute atomic E-state index is 0.152. The van der Waals surface area contributed by atoms with Gasteiger partial charge >= 0.3 is 0 Å². The summed E-state index contributed by atoms with van der Waals surface area (Å²) in [6, 6.07) is 9.38. The number of rotatable bonds is 4. The molecule has 0 bridgehead atoms. The van der Waals surface area contributed by atoms with Crippen LogP contribution in [0.4, 0.5) is 17.1 Å². The van der Waals surface area contributed by atoms with Gasteiger partial charge in [-0.05, 0) is 37.3 Å². The van der Waals surface area contributed by atoms with Gasteiger partial charge in [0.2, 0.25) is 0 Å². The van der Waals surface area contributed by atoms with Crippen LogP contribution in [0.15, 0.2) is 36.5 Å². The van der Waals surface area contributed by atoms with Crippen LogP contribution in [0.3, 0.4) is 0 Å². The van der Waals surface area contributed by atoms with E-state index < -0.39 is 0 Å². The fraction of sp³-hybridized carbons (Fsp3) is 0.267. The van der Waals surface area contributed by atoms with Crippen molar-refractivity contribution in [1.82, 2.24) is 4.57 Å². The number of aromatic nitrogens is 1. The molecule has 0 aliphatic carbocycles. The zero-order chi connectivity index (χ0) is 14.7. The molecule has 1 amide bonds. The van der Waals surface area contributed by atoms with Crippen LogP contribution < -0.4 is 16.0 Å². The van der Waals surface area contributed by atoms with Crippen molar-refractivity contribution in [3.05, 3.63) is 42.2 Å². The number of hydrogen-bond acceptors (Lipinski definition) is 3. The van der Waals surface area contributed by atoms with Crippen LogP contribution in [0.25, 0.3) is 0 Å². The molecule has 106 valence electrons. The van der Waals surface area contributed by atoms with Crippen molar-refractivity contribution in [1.29, 1.82) is 0 Å². The maximum Gasteiger partial charge on any atom is 0.272 e. The van der Waals surface area contributed by atoms with Crippen molar-refractivity contribution in [2.75, 3.05) is 30.0 Å². The Hall–Kier alpha value is -2.43. The lowest BCUT2D eigenvalue weighted by Gasteiger charge is -2.13. The number of nitrogens with one attached hydrogen (secondary N) is 1. The van der Waals surface area contributed by atoms with Crippen molar-refractivity contribution >= 4 is 23.0 Å². The van der Waals surface area contributed by atoms with Crippen molar-refractivity contribution in [2.24, 2.45) is 0 Å². The van der Waals surface area contributed by atoms with Gasteiger partial charge in [0.25, 0.3) is 5.91 Å². The van der Waals surface area contributed by atoms with E-state index in [1.807, 2.05) is 54.8 Å². The molecule has 2 aromatic rings. The van der Waals surface area contributed by atoms with Gasteiger partial charge in [-0.1, -0.05) is 0 Å². The maximum atomic E-state index is 12.2. The fourth-order valence-electron chi connectivity index (χ4n) is 2.02. The molecule has 3 N–H and O–H groups in total. The molecule has 0 spiro atoms. The molecule has 1 aromatic carbocycles. The number of nitrogen functional groups attached to an aromatic ring is 1. The Morgan fingerprint density at radius 2 is 1.95 bits per heavy atom. The zero-order valence-electron chi connectivity index (χ0n) is 12.1. The molecular weight excluding hydrogens is 252 g/mol. The zero-order valence-corrected chi connectivity index (χ0v) is 12.1. The van der Waals surface area contributed by atoms with Crippen LogP contribution in [0.1, 0.15) is 17.4 Å². The summed E-state index contributed by atoms with van der Waals surface area (Å²) in [6.07, 6.45) is 1.77. The summed E-state index contributed by atoms with van der Waals surface area (Å²) in [7, 11) is 3.95. The smallest absolute Gasteiger partial charge is 0.272 e. The molecule has 0 radical (unpaired) electrons. The summed E-state index contributed by atoms with van der Waals surface area (Å²) < 4.78 is 1.83. The van der Waals surface area contributed by atoms with Crippen LogP contribution in [0, 0.1) is 0 Å². The number of hydrogen-bond donors (Lipinski definition) is 2. The second-order valence-corrected chi connectivity index (χ2v) is 4.84. The molecular formula is C15H20N4O. The average Bonchev–Trinajstić information content (AvgIpc) is 2.80. The third kappa shape index (κ3) is 2.93. The summed E-state index contributed by atoms with van der Waals surface area (Å²) in [5, 5.41) is 2.88. The van der Waals surface area contributed by atoms with Crippen LogP contribution in [-0.2, 0) is 6.54 Å². The van der Waals surface area contributed by atoms with E-state index in [1.54, 1.807) is 12.3 Å². The lowest BCUT2D eigenvalue weighted by atomic mass is 10.2. The van der Waals surface area contributed by atoms with Crippen LogP contribution in [0.5, 0.6) is 0 Å². The average molecular weight is 272 g/mol. The Labute approximate surface area is 119 Å². The number of amides is 1.